The van der Waals surface area contributed by atoms with E-state index in [1.165, 1.54) is 16.6 Å². The number of anilines is 4. The van der Waals surface area contributed by atoms with Crippen LogP contribution in [0.3, 0.4) is 0 Å². The van der Waals surface area contributed by atoms with Crippen LogP contribution in [0.4, 0.5) is 22.9 Å². The van der Waals surface area contributed by atoms with Crippen molar-refractivity contribution in [2.24, 2.45) is 0 Å². The summed E-state index contributed by atoms with van der Waals surface area (Å²) in [7, 11) is 0. The Morgan fingerprint density at radius 2 is 1.17 bits per heavy atom. The van der Waals surface area contributed by atoms with Crippen molar-refractivity contribution in [3.8, 4) is 56.3 Å². The number of hydrogen-bond donors (Lipinski definition) is 0. The summed E-state index contributed by atoms with van der Waals surface area (Å²) in [5.41, 5.74) is 16.0. The molecule has 0 saturated carbocycles. The van der Waals surface area contributed by atoms with Crippen LogP contribution in [0, 0.1) is 18.5 Å². The fourth-order valence-corrected chi connectivity index (χ4v) is 9.57. The van der Waals surface area contributed by atoms with Gasteiger partial charge in [0, 0.05) is 50.0 Å². The van der Waals surface area contributed by atoms with Crippen LogP contribution in [0.2, 0.25) is 0 Å². The number of aromatic nitrogens is 3. The average Bonchev–Trinajstić information content (AvgIpc) is 3.91. The minimum absolute atomic E-state index is 0. The number of fused-ring (bicyclic) bond motifs is 9. The van der Waals surface area contributed by atoms with Crippen LogP contribution in [0.25, 0.3) is 55.8 Å². The smallest absolute Gasteiger partial charge is 0.420 e. The van der Waals surface area contributed by atoms with Crippen molar-refractivity contribution in [3.63, 3.8) is 0 Å². The molecular formula is C58H42BN5OPt-2. The normalized spacial score (nSPS) is 12.6. The maximum atomic E-state index is 6.88. The molecule has 0 spiro atoms. The summed E-state index contributed by atoms with van der Waals surface area (Å²) < 4.78 is 11.2. The third kappa shape index (κ3) is 6.94. The number of ether oxygens (including phenoxy) is 1. The van der Waals surface area contributed by atoms with Gasteiger partial charge in [-0.25, -0.2) is 4.98 Å². The molecule has 320 valence electrons. The number of benzene rings is 8. The monoisotopic (exact) mass is 1030 g/mol. The van der Waals surface area contributed by atoms with Crippen LogP contribution < -0.4 is 24.4 Å². The molecule has 0 amide bonds. The van der Waals surface area contributed by atoms with Gasteiger partial charge in [0.05, 0.1) is 22.4 Å². The van der Waals surface area contributed by atoms with Gasteiger partial charge in [-0.05, 0) is 62.6 Å². The van der Waals surface area contributed by atoms with E-state index in [9.17, 15) is 0 Å². The molecule has 0 fully saturated rings. The maximum absolute atomic E-state index is 6.88. The molecule has 10 aromatic rings. The van der Waals surface area contributed by atoms with E-state index in [4.69, 9.17) is 9.72 Å². The summed E-state index contributed by atoms with van der Waals surface area (Å²) in [6, 6.07) is 75.4. The first-order valence-corrected chi connectivity index (χ1v) is 22.1. The first-order chi connectivity index (χ1) is 31.9. The summed E-state index contributed by atoms with van der Waals surface area (Å²) in [5, 5.41) is 0. The molecule has 0 saturated heterocycles. The molecule has 2 aliphatic rings. The van der Waals surface area contributed by atoms with Crippen LogP contribution in [-0.2, 0) is 26.5 Å². The number of nitrogens with zero attached hydrogens (tertiary/aromatic N) is 5. The van der Waals surface area contributed by atoms with Crippen molar-refractivity contribution in [2.45, 2.75) is 26.2 Å². The van der Waals surface area contributed by atoms with Gasteiger partial charge in [-0.3, -0.25) is 4.57 Å². The van der Waals surface area contributed by atoms with E-state index in [1.807, 2.05) is 24.4 Å². The van der Waals surface area contributed by atoms with Gasteiger partial charge in [0.2, 0.25) is 0 Å². The molecule has 8 heteroatoms. The summed E-state index contributed by atoms with van der Waals surface area (Å²) in [6.45, 7) is 6.52. The average molecular weight is 1030 g/mol. The minimum Gasteiger partial charge on any atom is -0.510 e. The van der Waals surface area contributed by atoms with Crippen molar-refractivity contribution in [1.82, 2.24) is 9.55 Å². The van der Waals surface area contributed by atoms with Gasteiger partial charge in [-0.15, -0.1) is 35.9 Å². The minimum atomic E-state index is -0.196. The van der Waals surface area contributed by atoms with E-state index >= 15 is 0 Å². The molecule has 66 heavy (non-hydrogen) atoms. The molecule has 2 aliphatic heterocycles. The molecule has 8 aromatic carbocycles. The summed E-state index contributed by atoms with van der Waals surface area (Å²) in [6.07, 6.45) is 5.66. The number of imidazole rings is 1. The molecule has 2 aromatic heterocycles. The molecule has 6 nitrogen and oxygen atoms in total. The van der Waals surface area contributed by atoms with E-state index in [0.717, 1.165) is 73.1 Å². The van der Waals surface area contributed by atoms with Crippen molar-refractivity contribution in [2.75, 3.05) is 9.62 Å². The second-order valence-corrected chi connectivity index (χ2v) is 17.6. The molecule has 0 unspecified atom stereocenters. The Morgan fingerprint density at radius 3 is 1.92 bits per heavy atom. The predicted molar refractivity (Wildman–Crippen MR) is 263 cm³/mol. The van der Waals surface area contributed by atoms with E-state index in [2.05, 4.69) is 234 Å². The van der Waals surface area contributed by atoms with Crippen LogP contribution in [0.5, 0.6) is 11.5 Å². The van der Waals surface area contributed by atoms with E-state index in [-0.39, 0.29) is 33.5 Å². The van der Waals surface area contributed by atoms with Gasteiger partial charge in [-0.2, -0.15) is 12.1 Å². The van der Waals surface area contributed by atoms with E-state index < -0.39 is 0 Å². The first kappa shape index (κ1) is 41.3. The number of pyridine rings is 1. The van der Waals surface area contributed by atoms with Crippen LogP contribution in [-0.4, -0.2) is 16.5 Å². The fraction of sp³-hybridized carbons (Fsp3) is 0.0690. The molecule has 12 rings (SSSR count). The Balaban J connectivity index is 0.00000481. The van der Waals surface area contributed by atoms with Crippen LogP contribution >= 0.6 is 0 Å². The standard InChI is InChI=1S/C58H42BN5O.Pt/c1-58(2,3)42-35-44(63-57-55(33-18-34-60-57)64-52-30-13-11-26-50(52)49-25-10-12-29-51(49)59(63)64)38-46(36-42)65-45-24-16-23-43(37-45)61-39-62(54-32-15-14-31-53(54)61)56-47(40-19-6-4-7-20-40)27-17-28-48(56)41-21-8-5-9-22-41;/h4-36H,1-3H3;/q-2;. The fourth-order valence-electron chi connectivity index (χ4n) is 9.57. The molecule has 0 bridgehead atoms. The third-order valence-corrected chi connectivity index (χ3v) is 12.6. The Kier molecular flexibility index (Phi) is 10.3. The zero-order valence-electron chi connectivity index (χ0n) is 36.6. The topological polar surface area (TPSA) is 37.4 Å². The largest absolute Gasteiger partial charge is 0.510 e. The first-order valence-electron chi connectivity index (χ1n) is 22.1. The Morgan fingerprint density at radius 1 is 0.545 bits per heavy atom. The summed E-state index contributed by atoms with van der Waals surface area (Å²) in [5.74, 6) is 2.04. The van der Waals surface area contributed by atoms with Crippen LogP contribution in [0.1, 0.15) is 26.3 Å². The molecule has 0 radical (unpaired) electrons. The quantitative estimate of drug-likeness (QED) is 0.0906. The van der Waals surface area contributed by atoms with Gasteiger partial charge in [0.25, 0.3) is 6.33 Å². The zero-order valence-corrected chi connectivity index (χ0v) is 38.9. The predicted octanol–water partition coefficient (Wildman–Crippen LogP) is 12.8. The Bertz CT molecular complexity index is 3380. The number of hydrogen-bond acceptors (Lipinski definition) is 4. The zero-order chi connectivity index (χ0) is 43.6. The number of para-hydroxylation sites is 4. The van der Waals surface area contributed by atoms with E-state index in [1.54, 1.807) is 0 Å². The van der Waals surface area contributed by atoms with Gasteiger partial charge in [0.1, 0.15) is 5.82 Å². The Labute approximate surface area is 400 Å². The van der Waals surface area contributed by atoms with Crippen LogP contribution in [0.15, 0.2) is 200 Å². The maximum Gasteiger partial charge on any atom is 0.420 e. The van der Waals surface area contributed by atoms with E-state index in [0.29, 0.717) is 11.5 Å². The van der Waals surface area contributed by atoms with Gasteiger partial charge in [0.15, 0.2) is 0 Å². The van der Waals surface area contributed by atoms with Crippen molar-refractivity contribution < 1.29 is 30.4 Å². The second-order valence-electron chi connectivity index (χ2n) is 17.6. The summed E-state index contributed by atoms with van der Waals surface area (Å²) >= 11 is 0. The Hall–Kier alpha value is -7.47. The van der Waals surface area contributed by atoms with Gasteiger partial charge in [-0.1, -0.05) is 172 Å². The van der Waals surface area contributed by atoms with Gasteiger partial charge < -0.3 is 18.9 Å². The molecule has 0 N–H and O–H groups in total. The molecule has 4 heterocycles. The third-order valence-electron chi connectivity index (χ3n) is 12.6. The second kappa shape index (κ2) is 16.5. The molecule has 0 aliphatic carbocycles. The number of rotatable bonds is 7. The van der Waals surface area contributed by atoms with Gasteiger partial charge >= 0.3 is 6.98 Å². The summed E-state index contributed by atoms with van der Waals surface area (Å²) in [4.78, 5) is 9.78. The van der Waals surface area contributed by atoms with Crippen molar-refractivity contribution in [1.29, 1.82) is 0 Å². The van der Waals surface area contributed by atoms with Crippen molar-refractivity contribution in [3.05, 3.63) is 224 Å². The molecule has 0 atom stereocenters. The van der Waals surface area contributed by atoms with Crippen molar-refractivity contribution >= 4 is 46.4 Å². The SMILES string of the molecule is CC(C)(C)c1cc(Oc2[c-]c(-n3[c-][n+](-c4c(-c5ccccc5)cccc4-c4ccccc4)c4ccccc43)ccc2)[c-]c(N2B3c4ccccc4-c4ccccc4N3c3cccnc32)c1.[Pt]. The molecular weight excluding hydrogens is 989 g/mol.